The van der Waals surface area contributed by atoms with Crippen molar-refractivity contribution in [1.82, 2.24) is 10.3 Å². The third-order valence-electron chi connectivity index (χ3n) is 4.22. The van der Waals surface area contributed by atoms with E-state index in [2.05, 4.69) is 21.3 Å². The zero-order chi connectivity index (χ0) is 13.5. The summed E-state index contributed by atoms with van der Waals surface area (Å²) in [5.41, 5.74) is 2.54. The molecule has 2 fully saturated rings. The highest BCUT2D eigenvalue weighted by Crippen LogP contribution is 2.35. The van der Waals surface area contributed by atoms with Gasteiger partial charge in [-0.25, -0.2) is 0 Å². The standard InChI is InChI=1S/C15H14N4S/c16-5-10-4-12(19-9-11-6-17-8-13(11)19)7-18-15(10)14-2-1-3-20-14/h1-4,7,11,13,17H,6,8-9H2. The zero-order valence-corrected chi connectivity index (χ0v) is 11.7. The lowest BCUT2D eigenvalue weighted by molar-refractivity contribution is 0.365. The van der Waals surface area contributed by atoms with Gasteiger partial charge in [0.05, 0.1) is 28.0 Å². The second-order valence-corrected chi connectivity index (χ2v) is 6.26. The van der Waals surface area contributed by atoms with Crippen molar-refractivity contribution in [3.8, 4) is 16.6 Å². The van der Waals surface area contributed by atoms with Crippen LogP contribution in [0.25, 0.3) is 10.6 Å². The molecule has 2 aliphatic rings. The van der Waals surface area contributed by atoms with Crippen LogP contribution in [0, 0.1) is 17.2 Å². The maximum absolute atomic E-state index is 9.39. The van der Waals surface area contributed by atoms with Crippen molar-refractivity contribution < 1.29 is 0 Å². The van der Waals surface area contributed by atoms with Crippen LogP contribution in [0.4, 0.5) is 5.69 Å². The van der Waals surface area contributed by atoms with E-state index in [1.54, 1.807) is 11.3 Å². The summed E-state index contributed by atoms with van der Waals surface area (Å²) in [5, 5.41) is 14.8. The van der Waals surface area contributed by atoms with Crippen molar-refractivity contribution in [2.75, 3.05) is 24.5 Å². The monoisotopic (exact) mass is 282 g/mol. The maximum Gasteiger partial charge on any atom is 0.102 e. The van der Waals surface area contributed by atoms with E-state index in [0.717, 1.165) is 41.8 Å². The highest BCUT2D eigenvalue weighted by atomic mass is 32.1. The molecule has 0 saturated carbocycles. The number of pyridine rings is 1. The van der Waals surface area contributed by atoms with Crippen molar-refractivity contribution in [2.24, 2.45) is 5.92 Å². The van der Waals surface area contributed by atoms with E-state index >= 15 is 0 Å². The van der Waals surface area contributed by atoms with Crippen LogP contribution in [0.1, 0.15) is 5.56 Å². The fourth-order valence-corrected chi connectivity index (χ4v) is 3.86. The molecule has 0 aliphatic carbocycles. The number of hydrogen-bond acceptors (Lipinski definition) is 5. The molecular weight excluding hydrogens is 268 g/mol. The van der Waals surface area contributed by atoms with Gasteiger partial charge in [0.1, 0.15) is 6.07 Å². The molecule has 5 heteroatoms. The normalized spacial score (nSPS) is 24.1. The van der Waals surface area contributed by atoms with Crippen molar-refractivity contribution in [3.63, 3.8) is 0 Å². The predicted molar refractivity (Wildman–Crippen MR) is 79.8 cm³/mol. The Morgan fingerprint density at radius 1 is 1.45 bits per heavy atom. The van der Waals surface area contributed by atoms with Crippen LogP contribution in [0.5, 0.6) is 0 Å². The summed E-state index contributed by atoms with van der Waals surface area (Å²) < 4.78 is 0. The average Bonchev–Trinajstić information content (AvgIpc) is 3.09. The molecule has 2 aliphatic heterocycles. The van der Waals surface area contributed by atoms with Crippen LogP contribution in [-0.2, 0) is 0 Å². The highest BCUT2D eigenvalue weighted by Gasteiger charge is 2.42. The molecule has 0 amide bonds. The molecule has 20 heavy (non-hydrogen) atoms. The molecule has 0 bridgehead atoms. The Balaban J connectivity index is 1.68. The van der Waals surface area contributed by atoms with Crippen molar-refractivity contribution in [1.29, 1.82) is 5.26 Å². The fourth-order valence-electron chi connectivity index (χ4n) is 3.12. The Kier molecular flexibility index (Phi) is 2.72. The van der Waals surface area contributed by atoms with Crippen LogP contribution < -0.4 is 10.2 Å². The quantitative estimate of drug-likeness (QED) is 0.916. The molecule has 0 spiro atoms. The van der Waals surface area contributed by atoms with Gasteiger partial charge in [0, 0.05) is 31.6 Å². The molecule has 2 atom stereocenters. The second kappa shape index (κ2) is 4.58. The summed E-state index contributed by atoms with van der Waals surface area (Å²) in [7, 11) is 0. The van der Waals surface area contributed by atoms with E-state index in [1.807, 2.05) is 29.8 Å². The van der Waals surface area contributed by atoms with Gasteiger partial charge in [-0.2, -0.15) is 5.26 Å². The Bertz CT molecular complexity index is 674. The first-order valence-corrected chi connectivity index (χ1v) is 7.66. The zero-order valence-electron chi connectivity index (χ0n) is 10.9. The predicted octanol–water partition coefficient (Wildman–Crippen LogP) is 2.09. The van der Waals surface area contributed by atoms with Gasteiger partial charge < -0.3 is 10.2 Å². The first-order chi connectivity index (χ1) is 9.86. The molecule has 4 heterocycles. The summed E-state index contributed by atoms with van der Waals surface area (Å²) in [6.45, 7) is 3.23. The van der Waals surface area contributed by atoms with Crippen LogP contribution in [-0.4, -0.2) is 30.7 Å². The lowest BCUT2D eigenvalue weighted by atomic mass is 9.91. The third-order valence-corrected chi connectivity index (χ3v) is 5.09. The van der Waals surface area contributed by atoms with Gasteiger partial charge in [0.2, 0.25) is 0 Å². The first-order valence-electron chi connectivity index (χ1n) is 6.78. The topological polar surface area (TPSA) is 52.0 Å². The SMILES string of the molecule is N#Cc1cc(N2CC3CNCC32)cnc1-c1cccs1. The van der Waals surface area contributed by atoms with Gasteiger partial charge in [0.25, 0.3) is 0 Å². The molecule has 4 nitrogen and oxygen atoms in total. The fraction of sp³-hybridized carbons (Fsp3) is 0.333. The van der Waals surface area contributed by atoms with Gasteiger partial charge in [-0.15, -0.1) is 11.3 Å². The largest absolute Gasteiger partial charge is 0.365 e. The van der Waals surface area contributed by atoms with Crippen LogP contribution in [0.15, 0.2) is 29.8 Å². The number of fused-ring (bicyclic) bond motifs is 1. The molecule has 2 unspecified atom stereocenters. The van der Waals surface area contributed by atoms with Gasteiger partial charge in [-0.1, -0.05) is 6.07 Å². The summed E-state index contributed by atoms with van der Waals surface area (Å²) in [6, 6.07) is 8.85. The van der Waals surface area contributed by atoms with Crippen molar-refractivity contribution in [2.45, 2.75) is 6.04 Å². The molecule has 2 saturated heterocycles. The molecule has 0 aromatic carbocycles. The number of nitriles is 1. The number of nitrogens with one attached hydrogen (secondary N) is 1. The molecule has 4 rings (SSSR count). The molecule has 2 aromatic heterocycles. The van der Waals surface area contributed by atoms with Gasteiger partial charge in [-0.3, -0.25) is 4.98 Å². The lowest BCUT2D eigenvalue weighted by Gasteiger charge is -2.45. The second-order valence-electron chi connectivity index (χ2n) is 5.32. The Hall–Kier alpha value is -1.90. The average molecular weight is 282 g/mol. The molecule has 100 valence electrons. The van der Waals surface area contributed by atoms with Gasteiger partial charge in [-0.05, 0) is 17.5 Å². The number of nitrogens with zero attached hydrogens (tertiary/aromatic N) is 3. The Morgan fingerprint density at radius 2 is 2.40 bits per heavy atom. The number of thiophene rings is 1. The minimum atomic E-state index is 0.580. The summed E-state index contributed by atoms with van der Waals surface area (Å²) in [5.74, 6) is 0.762. The molecule has 2 aromatic rings. The summed E-state index contributed by atoms with van der Waals surface area (Å²) >= 11 is 1.62. The van der Waals surface area contributed by atoms with Gasteiger partial charge in [0.15, 0.2) is 0 Å². The van der Waals surface area contributed by atoms with E-state index < -0.39 is 0 Å². The smallest absolute Gasteiger partial charge is 0.102 e. The Labute approximate surface area is 121 Å². The van der Waals surface area contributed by atoms with E-state index in [0.29, 0.717) is 11.6 Å². The Morgan fingerprint density at radius 3 is 3.15 bits per heavy atom. The maximum atomic E-state index is 9.39. The molecule has 1 N–H and O–H groups in total. The van der Waals surface area contributed by atoms with E-state index in [-0.39, 0.29) is 0 Å². The van der Waals surface area contributed by atoms with Crippen LogP contribution in [0.3, 0.4) is 0 Å². The van der Waals surface area contributed by atoms with E-state index in [4.69, 9.17) is 0 Å². The highest BCUT2D eigenvalue weighted by molar-refractivity contribution is 7.13. The number of rotatable bonds is 2. The van der Waals surface area contributed by atoms with Crippen LogP contribution in [0.2, 0.25) is 0 Å². The number of hydrogen-bond donors (Lipinski definition) is 1. The number of anilines is 1. The van der Waals surface area contributed by atoms with Crippen molar-refractivity contribution in [3.05, 3.63) is 35.3 Å². The van der Waals surface area contributed by atoms with E-state index in [1.165, 1.54) is 0 Å². The summed E-state index contributed by atoms with van der Waals surface area (Å²) in [6.07, 6.45) is 1.91. The van der Waals surface area contributed by atoms with Gasteiger partial charge >= 0.3 is 0 Å². The minimum absolute atomic E-state index is 0.580. The van der Waals surface area contributed by atoms with Crippen molar-refractivity contribution >= 4 is 17.0 Å². The van der Waals surface area contributed by atoms with Crippen LogP contribution >= 0.6 is 11.3 Å². The molecular formula is C15H14N4S. The lowest BCUT2D eigenvalue weighted by Crippen LogP contribution is -2.55. The third kappa shape index (κ3) is 1.73. The first kappa shape index (κ1) is 11.9. The van der Waals surface area contributed by atoms with E-state index in [9.17, 15) is 5.26 Å². The minimum Gasteiger partial charge on any atom is -0.365 e. The molecule has 0 radical (unpaired) electrons. The summed E-state index contributed by atoms with van der Waals surface area (Å²) in [4.78, 5) is 7.95. The number of aromatic nitrogens is 1.